The van der Waals surface area contributed by atoms with Crippen LogP contribution in [-0.4, -0.2) is 24.3 Å². The summed E-state index contributed by atoms with van der Waals surface area (Å²) < 4.78 is 10.6. The van der Waals surface area contributed by atoms with Gasteiger partial charge >= 0.3 is 5.97 Å². The molecule has 2 rings (SSSR count). The van der Waals surface area contributed by atoms with Crippen molar-refractivity contribution in [2.45, 2.75) is 27.4 Å². The van der Waals surface area contributed by atoms with E-state index in [9.17, 15) is 9.90 Å². The fraction of sp³-hybridized carbons (Fsp3) is 0.316. The summed E-state index contributed by atoms with van der Waals surface area (Å²) >= 11 is 0. The van der Waals surface area contributed by atoms with Crippen LogP contribution in [0.2, 0.25) is 0 Å². The minimum absolute atomic E-state index is 0.0251. The summed E-state index contributed by atoms with van der Waals surface area (Å²) in [5.74, 6) is 0.457. The van der Waals surface area contributed by atoms with Crippen molar-refractivity contribution in [1.82, 2.24) is 0 Å². The normalized spacial score (nSPS) is 10.4. The number of benzene rings is 2. The second kappa shape index (κ2) is 7.79. The van der Waals surface area contributed by atoms with Gasteiger partial charge in [0, 0.05) is 6.92 Å². The molecule has 4 nitrogen and oxygen atoms in total. The van der Waals surface area contributed by atoms with Crippen molar-refractivity contribution in [3.8, 4) is 16.9 Å². The first kappa shape index (κ1) is 17.0. The lowest BCUT2D eigenvalue weighted by molar-refractivity contribution is -0.141. The van der Waals surface area contributed by atoms with E-state index >= 15 is 0 Å². The minimum atomic E-state index is -0.310. The largest absolute Gasteiger partial charge is 0.490 e. The van der Waals surface area contributed by atoms with Crippen LogP contribution in [0.5, 0.6) is 5.75 Å². The summed E-state index contributed by atoms with van der Waals surface area (Å²) in [6.07, 6.45) is 0. The van der Waals surface area contributed by atoms with Crippen molar-refractivity contribution in [1.29, 1.82) is 0 Å². The molecule has 122 valence electrons. The number of ether oxygens (including phenoxy) is 2. The standard InChI is InChI=1S/C19H22O4/c1-13-16(12-20)6-4-7-17(13)18-8-5-9-19(14(18)2)23-11-10-22-15(3)21/h4-9,20H,10-12H2,1-3H3. The smallest absolute Gasteiger partial charge is 0.302 e. The van der Waals surface area contributed by atoms with Crippen LogP contribution in [0.1, 0.15) is 23.6 Å². The van der Waals surface area contributed by atoms with E-state index in [2.05, 4.69) is 0 Å². The molecule has 0 amide bonds. The summed E-state index contributed by atoms with van der Waals surface area (Å²) in [5.41, 5.74) is 5.16. The maximum Gasteiger partial charge on any atom is 0.302 e. The number of aliphatic hydroxyl groups is 1. The third kappa shape index (κ3) is 4.11. The van der Waals surface area contributed by atoms with Gasteiger partial charge < -0.3 is 14.6 Å². The molecule has 0 saturated heterocycles. The quantitative estimate of drug-likeness (QED) is 0.656. The Labute approximate surface area is 136 Å². The number of carbonyl (C=O) groups excluding carboxylic acids is 1. The summed E-state index contributed by atoms with van der Waals surface area (Å²) in [5, 5.41) is 9.44. The van der Waals surface area contributed by atoms with Gasteiger partial charge in [-0.3, -0.25) is 4.79 Å². The fourth-order valence-electron chi connectivity index (χ4n) is 2.55. The topological polar surface area (TPSA) is 55.8 Å². The van der Waals surface area contributed by atoms with Gasteiger partial charge in [-0.15, -0.1) is 0 Å². The fourth-order valence-corrected chi connectivity index (χ4v) is 2.55. The van der Waals surface area contributed by atoms with Gasteiger partial charge in [0.25, 0.3) is 0 Å². The Hall–Kier alpha value is -2.33. The summed E-state index contributed by atoms with van der Waals surface area (Å²) in [6, 6.07) is 11.8. The van der Waals surface area contributed by atoms with Crippen LogP contribution in [0, 0.1) is 13.8 Å². The van der Waals surface area contributed by atoms with Gasteiger partial charge in [0.2, 0.25) is 0 Å². The van der Waals surface area contributed by atoms with Gasteiger partial charge in [0.15, 0.2) is 0 Å². The first-order valence-corrected chi connectivity index (χ1v) is 7.60. The van der Waals surface area contributed by atoms with Gasteiger partial charge in [-0.05, 0) is 47.7 Å². The summed E-state index contributed by atoms with van der Waals surface area (Å²) in [6.45, 7) is 5.97. The first-order chi connectivity index (χ1) is 11.0. The molecule has 2 aromatic carbocycles. The van der Waals surface area contributed by atoms with E-state index in [-0.39, 0.29) is 19.2 Å². The molecular formula is C19H22O4. The molecule has 0 saturated carbocycles. The SMILES string of the molecule is CC(=O)OCCOc1cccc(-c2cccc(CO)c2C)c1C. The Morgan fingerprint density at radius 2 is 1.65 bits per heavy atom. The molecule has 1 N–H and O–H groups in total. The number of hydrogen-bond donors (Lipinski definition) is 1. The molecule has 2 aromatic rings. The number of aliphatic hydroxyl groups excluding tert-OH is 1. The van der Waals surface area contributed by atoms with Crippen LogP contribution in [0.4, 0.5) is 0 Å². The van der Waals surface area contributed by atoms with E-state index in [1.54, 1.807) is 0 Å². The van der Waals surface area contributed by atoms with E-state index in [1.807, 2.05) is 50.2 Å². The lowest BCUT2D eigenvalue weighted by Crippen LogP contribution is -2.10. The molecule has 0 fully saturated rings. The first-order valence-electron chi connectivity index (χ1n) is 7.60. The molecule has 0 spiro atoms. The summed E-state index contributed by atoms with van der Waals surface area (Å²) in [4.78, 5) is 10.8. The van der Waals surface area contributed by atoms with Crippen LogP contribution < -0.4 is 4.74 Å². The van der Waals surface area contributed by atoms with Crippen molar-refractivity contribution < 1.29 is 19.4 Å². The third-order valence-electron chi connectivity index (χ3n) is 3.84. The molecular weight excluding hydrogens is 292 g/mol. The van der Waals surface area contributed by atoms with Crippen molar-refractivity contribution in [3.63, 3.8) is 0 Å². The molecule has 0 radical (unpaired) electrons. The molecule has 23 heavy (non-hydrogen) atoms. The molecule has 4 heteroatoms. The highest BCUT2D eigenvalue weighted by atomic mass is 16.6. The van der Waals surface area contributed by atoms with E-state index in [4.69, 9.17) is 9.47 Å². The van der Waals surface area contributed by atoms with Gasteiger partial charge in [0.05, 0.1) is 6.61 Å². The number of esters is 1. The zero-order valence-corrected chi connectivity index (χ0v) is 13.8. The molecule has 0 atom stereocenters. The Morgan fingerprint density at radius 1 is 1.00 bits per heavy atom. The summed E-state index contributed by atoms with van der Waals surface area (Å²) in [7, 11) is 0. The Kier molecular flexibility index (Phi) is 5.77. The number of carbonyl (C=O) groups is 1. The van der Waals surface area contributed by atoms with Crippen LogP contribution in [0.15, 0.2) is 36.4 Å². The minimum Gasteiger partial charge on any atom is -0.490 e. The maximum absolute atomic E-state index is 10.8. The lowest BCUT2D eigenvalue weighted by Gasteiger charge is -2.15. The van der Waals surface area contributed by atoms with Crippen LogP contribution in [0.3, 0.4) is 0 Å². The molecule has 0 heterocycles. The average Bonchev–Trinajstić information content (AvgIpc) is 2.53. The second-order valence-corrected chi connectivity index (χ2v) is 5.37. The van der Waals surface area contributed by atoms with Gasteiger partial charge in [-0.1, -0.05) is 30.3 Å². The third-order valence-corrected chi connectivity index (χ3v) is 3.84. The molecule has 0 aliphatic rings. The van der Waals surface area contributed by atoms with Gasteiger partial charge in [-0.25, -0.2) is 0 Å². The predicted molar refractivity (Wildman–Crippen MR) is 89.4 cm³/mol. The Bertz CT molecular complexity index is 692. The van der Waals surface area contributed by atoms with Crippen molar-refractivity contribution in [3.05, 3.63) is 53.1 Å². The highest BCUT2D eigenvalue weighted by molar-refractivity contribution is 5.73. The zero-order chi connectivity index (χ0) is 16.8. The van der Waals surface area contributed by atoms with E-state index < -0.39 is 0 Å². The van der Waals surface area contributed by atoms with E-state index in [0.29, 0.717) is 6.61 Å². The average molecular weight is 314 g/mol. The van der Waals surface area contributed by atoms with E-state index in [1.165, 1.54) is 6.92 Å². The van der Waals surface area contributed by atoms with Gasteiger partial charge in [0.1, 0.15) is 19.0 Å². The number of hydrogen-bond acceptors (Lipinski definition) is 4. The second-order valence-electron chi connectivity index (χ2n) is 5.37. The Balaban J connectivity index is 2.24. The monoisotopic (exact) mass is 314 g/mol. The molecule has 0 aliphatic heterocycles. The molecule has 0 aromatic heterocycles. The number of rotatable bonds is 6. The van der Waals surface area contributed by atoms with Crippen molar-refractivity contribution in [2.75, 3.05) is 13.2 Å². The predicted octanol–water partition coefficient (Wildman–Crippen LogP) is 3.40. The molecule has 0 aliphatic carbocycles. The van der Waals surface area contributed by atoms with Crippen LogP contribution >= 0.6 is 0 Å². The molecule has 0 unspecified atom stereocenters. The highest BCUT2D eigenvalue weighted by Crippen LogP contribution is 2.33. The highest BCUT2D eigenvalue weighted by Gasteiger charge is 2.11. The van der Waals surface area contributed by atoms with Crippen molar-refractivity contribution in [2.24, 2.45) is 0 Å². The maximum atomic E-state index is 10.8. The van der Waals surface area contributed by atoms with Crippen molar-refractivity contribution >= 4 is 5.97 Å². The molecule has 0 bridgehead atoms. The van der Waals surface area contributed by atoms with Crippen LogP contribution in [-0.2, 0) is 16.1 Å². The van der Waals surface area contributed by atoms with E-state index in [0.717, 1.165) is 33.6 Å². The Morgan fingerprint density at radius 3 is 2.30 bits per heavy atom. The lowest BCUT2D eigenvalue weighted by atomic mass is 9.93. The van der Waals surface area contributed by atoms with Crippen LogP contribution in [0.25, 0.3) is 11.1 Å². The van der Waals surface area contributed by atoms with Gasteiger partial charge in [-0.2, -0.15) is 0 Å². The zero-order valence-electron chi connectivity index (χ0n) is 13.8.